The Morgan fingerprint density at radius 3 is 2.79 bits per heavy atom. The number of nitriles is 1. The molecule has 0 bridgehead atoms. The molecule has 12 heteroatoms. The van der Waals surface area contributed by atoms with Gasteiger partial charge >= 0.3 is 5.69 Å². The Kier molecular flexibility index (Phi) is 6.59. The highest BCUT2D eigenvalue weighted by molar-refractivity contribution is 9.10. The fourth-order valence-corrected chi connectivity index (χ4v) is 4.39. The standard InChI is InChI=1S/C26H16BrN5O6/c1-36-21-7-4-8-22-18(21)13-23(38-22)25-30-19-6-3-2-5-17(19)26(33)31(25)29-14-15-11-16(27)12-20(32(34)35)24(15)37-10-9-28/h2-8,11-14H,10H2,1H3. The Bertz CT molecular complexity index is 1850. The van der Waals surface area contributed by atoms with Gasteiger partial charge in [0.25, 0.3) is 5.56 Å². The highest BCUT2D eigenvalue weighted by Crippen LogP contribution is 2.35. The van der Waals surface area contributed by atoms with Crippen LogP contribution < -0.4 is 15.0 Å². The van der Waals surface area contributed by atoms with Crippen LogP contribution in [-0.4, -0.2) is 34.5 Å². The lowest BCUT2D eigenvalue weighted by Crippen LogP contribution is -2.20. The Labute approximate surface area is 222 Å². The summed E-state index contributed by atoms with van der Waals surface area (Å²) in [6.07, 6.45) is 1.23. The summed E-state index contributed by atoms with van der Waals surface area (Å²) in [6.45, 7) is -0.424. The van der Waals surface area contributed by atoms with E-state index in [1.807, 2.05) is 0 Å². The van der Waals surface area contributed by atoms with Crippen molar-refractivity contribution in [3.63, 3.8) is 0 Å². The van der Waals surface area contributed by atoms with E-state index in [2.05, 4.69) is 26.0 Å². The third kappa shape index (κ3) is 4.46. The number of aromatic nitrogens is 2. The number of halogens is 1. The SMILES string of the molecule is COc1cccc2oc(-c3nc4ccccc4c(=O)n3N=Cc3cc(Br)cc([N+](=O)[O-])c3OCC#N)cc12. The number of hydrogen-bond acceptors (Lipinski definition) is 9. The summed E-state index contributed by atoms with van der Waals surface area (Å²) in [5.41, 5.74) is 0.260. The first-order valence-electron chi connectivity index (χ1n) is 11.0. The van der Waals surface area contributed by atoms with Crippen LogP contribution in [0.3, 0.4) is 0 Å². The average molecular weight is 574 g/mol. The van der Waals surface area contributed by atoms with E-state index < -0.39 is 17.1 Å². The van der Waals surface area contributed by atoms with Crippen LogP contribution in [0.1, 0.15) is 5.56 Å². The molecule has 0 amide bonds. The van der Waals surface area contributed by atoms with Crippen LogP contribution >= 0.6 is 15.9 Å². The molecule has 0 aliphatic rings. The lowest BCUT2D eigenvalue weighted by Gasteiger charge is -2.09. The Morgan fingerprint density at radius 2 is 2.03 bits per heavy atom. The van der Waals surface area contributed by atoms with E-state index in [-0.39, 0.29) is 28.6 Å². The summed E-state index contributed by atoms with van der Waals surface area (Å²) in [6, 6.07) is 18.4. The first-order chi connectivity index (χ1) is 18.4. The number of rotatable bonds is 7. The number of para-hydroxylation sites is 1. The molecule has 0 unspecified atom stereocenters. The van der Waals surface area contributed by atoms with Crippen LogP contribution in [0.25, 0.3) is 33.5 Å². The summed E-state index contributed by atoms with van der Waals surface area (Å²) < 4.78 is 18.2. The van der Waals surface area contributed by atoms with Crippen molar-refractivity contribution in [1.82, 2.24) is 9.66 Å². The minimum Gasteiger partial charge on any atom is -0.496 e. The number of hydrogen-bond donors (Lipinski definition) is 0. The van der Waals surface area contributed by atoms with Crippen LogP contribution in [0, 0.1) is 21.4 Å². The molecule has 0 atom stereocenters. The molecular formula is C26H16BrN5O6. The van der Waals surface area contributed by atoms with Gasteiger partial charge in [0.15, 0.2) is 12.4 Å². The monoisotopic (exact) mass is 573 g/mol. The molecule has 0 spiro atoms. The Hall–Kier alpha value is -5.02. The van der Waals surface area contributed by atoms with E-state index in [0.717, 1.165) is 4.68 Å². The molecule has 38 heavy (non-hydrogen) atoms. The first-order valence-corrected chi connectivity index (χ1v) is 11.8. The molecule has 0 fully saturated rings. The van der Waals surface area contributed by atoms with Gasteiger partial charge in [0, 0.05) is 16.1 Å². The van der Waals surface area contributed by atoms with Gasteiger partial charge in [-0.05, 0) is 36.4 Å². The molecule has 0 saturated carbocycles. The highest BCUT2D eigenvalue weighted by Gasteiger charge is 2.22. The Morgan fingerprint density at radius 1 is 1.21 bits per heavy atom. The van der Waals surface area contributed by atoms with Crippen LogP contribution in [0.15, 0.2) is 79.4 Å². The zero-order chi connectivity index (χ0) is 26.8. The molecule has 5 rings (SSSR count). The van der Waals surface area contributed by atoms with Gasteiger partial charge in [0.1, 0.15) is 17.4 Å². The van der Waals surface area contributed by atoms with Crippen molar-refractivity contribution in [3.8, 4) is 29.2 Å². The molecular weight excluding hydrogens is 558 g/mol. The van der Waals surface area contributed by atoms with Crippen LogP contribution in [0.4, 0.5) is 5.69 Å². The third-order valence-corrected chi connectivity index (χ3v) is 6.03. The summed E-state index contributed by atoms with van der Waals surface area (Å²) >= 11 is 3.25. The van der Waals surface area contributed by atoms with Gasteiger partial charge in [-0.1, -0.05) is 34.1 Å². The van der Waals surface area contributed by atoms with E-state index in [1.165, 1.54) is 18.3 Å². The number of nitro benzene ring substituents is 1. The van der Waals surface area contributed by atoms with E-state index in [4.69, 9.17) is 19.2 Å². The molecule has 188 valence electrons. The quantitative estimate of drug-likeness (QED) is 0.145. The lowest BCUT2D eigenvalue weighted by molar-refractivity contribution is -0.385. The topological polar surface area (TPSA) is 146 Å². The van der Waals surface area contributed by atoms with Crippen molar-refractivity contribution in [2.75, 3.05) is 13.7 Å². The predicted octanol–water partition coefficient (Wildman–Crippen LogP) is 5.27. The summed E-state index contributed by atoms with van der Waals surface area (Å²) in [7, 11) is 1.54. The van der Waals surface area contributed by atoms with Crippen molar-refractivity contribution in [2.45, 2.75) is 0 Å². The number of methoxy groups -OCH3 is 1. The molecule has 0 aliphatic heterocycles. The van der Waals surface area contributed by atoms with Crippen molar-refractivity contribution in [3.05, 3.63) is 91.2 Å². The maximum Gasteiger partial charge on any atom is 0.312 e. The van der Waals surface area contributed by atoms with Crippen molar-refractivity contribution in [2.24, 2.45) is 5.10 Å². The second-order valence-corrected chi connectivity index (χ2v) is 8.76. The zero-order valence-corrected chi connectivity index (χ0v) is 21.2. The fraction of sp³-hybridized carbons (Fsp3) is 0.0769. The largest absolute Gasteiger partial charge is 0.496 e. The zero-order valence-electron chi connectivity index (χ0n) is 19.6. The van der Waals surface area contributed by atoms with Crippen molar-refractivity contribution < 1.29 is 18.8 Å². The highest BCUT2D eigenvalue weighted by atomic mass is 79.9. The second-order valence-electron chi connectivity index (χ2n) is 7.84. The fourth-order valence-electron chi connectivity index (χ4n) is 3.93. The number of ether oxygens (including phenoxy) is 2. The molecule has 5 aromatic rings. The molecule has 0 radical (unpaired) electrons. The molecule has 2 heterocycles. The first kappa shape index (κ1) is 24.7. The number of nitrogens with zero attached hydrogens (tertiary/aromatic N) is 5. The van der Waals surface area contributed by atoms with Gasteiger partial charge < -0.3 is 13.9 Å². The smallest absolute Gasteiger partial charge is 0.312 e. The second kappa shape index (κ2) is 10.2. The van der Waals surface area contributed by atoms with Gasteiger partial charge in [0.2, 0.25) is 11.6 Å². The van der Waals surface area contributed by atoms with E-state index in [9.17, 15) is 14.9 Å². The third-order valence-electron chi connectivity index (χ3n) is 5.57. The number of benzene rings is 3. The molecule has 0 aliphatic carbocycles. The summed E-state index contributed by atoms with van der Waals surface area (Å²) in [4.78, 5) is 29.2. The van der Waals surface area contributed by atoms with Crippen LogP contribution in [-0.2, 0) is 0 Å². The van der Waals surface area contributed by atoms with Crippen molar-refractivity contribution >= 4 is 49.7 Å². The van der Waals surface area contributed by atoms with Gasteiger partial charge in [-0.25, -0.2) is 4.98 Å². The van der Waals surface area contributed by atoms with Crippen molar-refractivity contribution in [1.29, 1.82) is 5.26 Å². The van der Waals surface area contributed by atoms with E-state index >= 15 is 0 Å². The number of nitro groups is 1. The molecule has 11 nitrogen and oxygen atoms in total. The molecule has 2 aromatic heterocycles. The van der Waals surface area contributed by atoms with Gasteiger partial charge in [-0.15, -0.1) is 0 Å². The number of furan rings is 1. The predicted molar refractivity (Wildman–Crippen MR) is 143 cm³/mol. The van der Waals surface area contributed by atoms with Gasteiger partial charge in [-0.3, -0.25) is 14.9 Å². The molecule has 3 aromatic carbocycles. The molecule has 0 N–H and O–H groups in total. The minimum atomic E-state index is -0.633. The van der Waals surface area contributed by atoms with Gasteiger partial charge in [0.05, 0.1) is 34.5 Å². The number of fused-ring (bicyclic) bond motifs is 2. The normalized spacial score (nSPS) is 11.2. The minimum absolute atomic E-state index is 0.104. The lowest BCUT2D eigenvalue weighted by atomic mass is 10.2. The maximum absolute atomic E-state index is 13.5. The Balaban J connectivity index is 1.74. The maximum atomic E-state index is 13.5. The van der Waals surface area contributed by atoms with Crippen LogP contribution in [0.2, 0.25) is 0 Å². The van der Waals surface area contributed by atoms with Gasteiger partial charge in [-0.2, -0.15) is 15.0 Å². The average Bonchev–Trinajstić information content (AvgIpc) is 3.36. The van der Waals surface area contributed by atoms with E-state index in [1.54, 1.807) is 61.7 Å². The van der Waals surface area contributed by atoms with E-state index in [0.29, 0.717) is 32.1 Å². The molecule has 0 saturated heterocycles. The summed E-state index contributed by atoms with van der Waals surface area (Å²) in [5.74, 6) is 0.773. The summed E-state index contributed by atoms with van der Waals surface area (Å²) in [5, 5.41) is 25.9. The van der Waals surface area contributed by atoms with Crippen LogP contribution in [0.5, 0.6) is 11.5 Å².